The van der Waals surface area contributed by atoms with Crippen molar-refractivity contribution in [3.05, 3.63) is 64.1 Å². The summed E-state index contributed by atoms with van der Waals surface area (Å²) < 4.78 is 17.3. The molecule has 1 N–H and O–H groups in total. The van der Waals surface area contributed by atoms with Gasteiger partial charge in [0, 0.05) is 45.6 Å². The zero-order chi connectivity index (χ0) is 21.3. The fourth-order valence-electron chi connectivity index (χ4n) is 3.49. The van der Waals surface area contributed by atoms with E-state index in [0.29, 0.717) is 38.5 Å². The molecule has 0 radical (unpaired) electrons. The van der Waals surface area contributed by atoms with Crippen molar-refractivity contribution in [1.29, 1.82) is 0 Å². The molecule has 1 aromatic heterocycles. The minimum absolute atomic E-state index is 0.0168. The van der Waals surface area contributed by atoms with Crippen molar-refractivity contribution in [2.45, 2.75) is 12.6 Å². The SMILES string of the molecule is COCCn1cc(C(=O)NCC(c2ccc(OC)cc2)N2CCOCC2)ccc1=O. The molecule has 1 aliphatic rings. The molecule has 1 unspecified atom stereocenters. The molecular weight excluding hydrogens is 386 g/mol. The van der Waals surface area contributed by atoms with E-state index in [-0.39, 0.29) is 17.5 Å². The number of pyridine rings is 1. The first-order valence-corrected chi connectivity index (χ1v) is 10.1. The van der Waals surface area contributed by atoms with E-state index in [9.17, 15) is 9.59 Å². The van der Waals surface area contributed by atoms with Gasteiger partial charge in [0.05, 0.1) is 38.5 Å². The molecule has 0 bridgehead atoms. The second-order valence-electron chi connectivity index (χ2n) is 7.09. The van der Waals surface area contributed by atoms with E-state index in [0.717, 1.165) is 24.4 Å². The highest BCUT2D eigenvalue weighted by Gasteiger charge is 2.23. The van der Waals surface area contributed by atoms with Crippen LogP contribution in [0.4, 0.5) is 0 Å². The molecule has 2 heterocycles. The second-order valence-corrected chi connectivity index (χ2v) is 7.09. The van der Waals surface area contributed by atoms with Gasteiger partial charge in [-0.2, -0.15) is 0 Å². The number of ether oxygens (including phenoxy) is 3. The fourth-order valence-corrected chi connectivity index (χ4v) is 3.49. The first-order chi connectivity index (χ1) is 14.6. The molecule has 0 spiro atoms. The van der Waals surface area contributed by atoms with Gasteiger partial charge in [-0.05, 0) is 23.8 Å². The number of hydrogen-bond acceptors (Lipinski definition) is 6. The molecule has 162 valence electrons. The van der Waals surface area contributed by atoms with E-state index in [2.05, 4.69) is 10.2 Å². The van der Waals surface area contributed by atoms with Gasteiger partial charge in [0.25, 0.3) is 11.5 Å². The third-order valence-corrected chi connectivity index (χ3v) is 5.22. The van der Waals surface area contributed by atoms with Crippen LogP contribution in [0.1, 0.15) is 22.0 Å². The second kappa shape index (κ2) is 10.9. The number of hydrogen-bond donors (Lipinski definition) is 1. The number of amides is 1. The minimum atomic E-state index is -0.215. The van der Waals surface area contributed by atoms with Crippen molar-refractivity contribution >= 4 is 5.91 Å². The molecule has 1 fully saturated rings. The zero-order valence-electron chi connectivity index (χ0n) is 17.5. The van der Waals surface area contributed by atoms with Gasteiger partial charge in [0.1, 0.15) is 5.75 Å². The molecule has 1 saturated heterocycles. The predicted molar refractivity (Wildman–Crippen MR) is 113 cm³/mol. The monoisotopic (exact) mass is 415 g/mol. The number of nitrogens with one attached hydrogen (secondary N) is 1. The molecule has 0 aliphatic carbocycles. The maximum atomic E-state index is 12.8. The molecule has 1 amide bonds. The molecule has 1 aromatic carbocycles. The summed E-state index contributed by atoms with van der Waals surface area (Å²) in [5.74, 6) is 0.578. The average Bonchev–Trinajstić information content (AvgIpc) is 2.79. The molecule has 0 saturated carbocycles. The highest BCUT2D eigenvalue weighted by atomic mass is 16.5. The Morgan fingerprint density at radius 3 is 2.53 bits per heavy atom. The highest BCUT2D eigenvalue weighted by molar-refractivity contribution is 5.93. The van der Waals surface area contributed by atoms with E-state index in [1.165, 1.54) is 10.6 Å². The smallest absolute Gasteiger partial charge is 0.252 e. The average molecular weight is 415 g/mol. The highest BCUT2D eigenvalue weighted by Crippen LogP contribution is 2.23. The molecule has 1 aliphatic heterocycles. The lowest BCUT2D eigenvalue weighted by Gasteiger charge is -2.35. The van der Waals surface area contributed by atoms with E-state index >= 15 is 0 Å². The Bertz CT molecular complexity index is 875. The van der Waals surface area contributed by atoms with Crippen molar-refractivity contribution in [2.24, 2.45) is 0 Å². The van der Waals surface area contributed by atoms with Gasteiger partial charge in [-0.15, -0.1) is 0 Å². The Hall–Kier alpha value is -2.68. The number of carbonyl (C=O) groups is 1. The topological polar surface area (TPSA) is 82.0 Å². The quantitative estimate of drug-likeness (QED) is 0.665. The number of morpholine rings is 1. The summed E-state index contributed by atoms with van der Waals surface area (Å²) in [6, 6.07) is 10.9. The lowest BCUT2D eigenvalue weighted by molar-refractivity contribution is 0.0162. The Morgan fingerprint density at radius 1 is 1.13 bits per heavy atom. The van der Waals surface area contributed by atoms with E-state index in [1.54, 1.807) is 26.5 Å². The third kappa shape index (κ3) is 5.69. The summed E-state index contributed by atoms with van der Waals surface area (Å²) in [5.41, 5.74) is 1.39. The van der Waals surface area contributed by atoms with Crippen LogP contribution in [0.2, 0.25) is 0 Å². The Morgan fingerprint density at radius 2 is 1.87 bits per heavy atom. The van der Waals surface area contributed by atoms with Gasteiger partial charge in [0.2, 0.25) is 0 Å². The Labute approximate surface area is 176 Å². The largest absolute Gasteiger partial charge is 0.497 e. The van der Waals surface area contributed by atoms with Gasteiger partial charge < -0.3 is 24.1 Å². The molecule has 8 nitrogen and oxygen atoms in total. The van der Waals surface area contributed by atoms with E-state index < -0.39 is 0 Å². The van der Waals surface area contributed by atoms with Crippen LogP contribution in [-0.4, -0.2) is 69.0 Å². The molecule has 30 heavy (non-hydrogen) atoms. The first-order valence-electron chi connectivity index (χ1n) is 10.1. The van der Waals surface area contributed by atoms with Gasteiger partial charge in [-0.1, -0.05) is 12.1 Å². The number of rotatable bonds is 9. The van der Waals surface area contributed by atoms with Crippen LogP contribution in [-0.2, 0) is 16.0 Å². The third-order valence-electron chi connectivity index (χ3n) is 5.22. The summed E-state index contributed by atoms with van der Waals surface area (Å²) in [5, 5.41) is 3.03. The first kappa shape index (κ1) is 22.0. The van der Waals surface area contributed by atoms with Gasteiger partial charge >= 0.3 is 0 Å². The van der Waals surface area contributed by atoms with Crippen molar-refractivity contribution in [3.8, 4) is 5.75 Å². The van der Waals surface area contributed by atoms with Gasteiger partial charge in [-0.25, -0.2) is 0 Å². The number of aromatic nitrogens is 1. The van der Waals surface area contributed by atoms with Crippen molar-refractivity contribution in [3.63, 3.8) is 0 Å². The Kier molecular flexibility index (Phi) is 8.01. The van der Waals surface area contributed by atoms with Gasteiger partial charge in [0.15, 0.2) is 0 Å². The summed E-state index contributed by atoms with van der Waals surface area (Å²) in [7, 11) is 3.22. The minimum Gasteiger partial charge on any atom is -0.497 e. The van der Waals surface area contributed by atoms with Crippen molar-refractivity contribution in [2.75, 3.05) is 53.7 Å². The molecule has 1 atom stereocenters. The van der Waals surface area contributed by atoms with Crippen LogP contribution in [0.25, 0.3) is 0 Å². The van der Waals surface area contributed by atoms with Crippen LogP contribution in [0, 0.1) is 0 Å². The lowest BCUT2D eigenvalue weighted by atomic mass is 10.0. The number of nitrogens with zero attached hydrogens (tertiary/aromatic N) is 2. The van der Waals surface area contributed by atoms with Crippen LogP contribution >= 0.6 is 0 Å². The van der Waals surface area contributed by atoms with E-state index in [1.807, 2.05) is 24.3 Å². The summed E-state index contributed by atoms with van der Waals surface area (Å²) in [6.07, 6.45) is 1.58. The standard InChI is InChI=1S/C22H29N3O5/c1-28-12-9-25-16-18(5-8-21(25)26)22(27)23-15-20(24-10-13-30-14-11-24)17-3-6-19(29-2)7-4-17/h3-8,16,20H,9-15H2,1-2H3,(H,23,27). The summed E-state index contributed by atoms with van der Waals surface area (Å²) >= 11 is 0. The maximum absolute atomic E-state index is 12.8. The number of methoxy groups -OCH3 is 2. The Balaban J connectivity index is 1.72. The molecule has 3 rings (SSSR count). The fraction of sp³-hybridized carbons (Fsp3) is 0.455. The van der Waals surface area contributed by atoms with Crippen LogP contribution in [0.5, 0.6) is 5.75 Å². The van der Waals surface area contributed by atoms with Crippen LogP contribution < -0.4 is 15.6 Å². The number of carbonyl (C=O) groups excluding carboxylic acids is 1. The summed E-state index contributed by atoms with van der Waals surface area (Å²) in [4.78, 5) is 27.0. The van der Waals surface area contributed by atoms with Crippen LogP contribution in [0.15, 0.2) is 47.4 Å². The molecule has 8 heteroatoms. The normalized spacial score (nSPS) is 15.5. The maximum Gasteiger partial charge on any atom is 0.252 e. The van der Waals surface area contributed by atoms with Crippen molar-refractivity contribution in [1.82, 2.24) is 14.8 Å². The molecular formula is C22H29N3O5. The van der Waals surface area contributed by atoms with Crippen LogP contribution in [0.3, 0.4) is 0 Å². The predicted octanol–water partition coefficient (Wildman–Crippen LogP) is 1.31. The zero-order valence-corrected chi connectivity index (χ0v) is 17.5. The van der Waals surface area contributed by atoms with E-state index in [4.69, 9.17) is 14.2 Å². The summed E-state index contributed by atoms with van der Waals surface area (Å²) in [6.45, 7) is 4.20. The van der Waals surface area contributed by atoms with Crippen molar-refractivity contribution < 1.29 is 19.0 Å². The van der Waals surface area contributed by atoms with Gasteiger partial charge in [-0.3, -0.25) is 14.5 Å². The number of benzene rings is 1. The lowest BCUT2D eigenvalue weighted by Crippen LogP contribution is -2.44. The molecule has 2 aromatic rings.